The van der Waals surface area contributed by atoms with Crippen molar-refractivity contribution in [2.24, 2.45) is 0 Å². The Labute approximate surface area is 182 Å². The van der Waals surface area contributed by atoms with Crippen LogP contribution in [0.4, 0.5) is 4.39 Å². The number of rotatable bonds is 6. The molecule has 0 spiro atoms. The van der Waals surface area contributed by atoms with Crippen molar-refractivity contribution >= 4 is 26.0 Å². The Balaban J connectivity index is 1.62. The van der Waals surface area contributed by atoms with Crippen LogP contribution in [0.5, 0.6) is 0 Å². The lowest BCUT2D eigenvalue weighted by molar-refractivity contribution is -0.132. The maximum atomic E-state index is 13.9. The van der Waals surface area contributed by atoms with Crippen molar-refractivity contribution in [3.05, 3.63) is 59.9 Å². The third-order valence-corrected chi connectivity index (χ3v) is 8.88. The fourth-order valence-electron chi connectivity index (χ4n) is 3.24. The largest absolute Gasteiger partial charge is 0.339 e. The Morgan fingerprint density at radius 3 is 2.13 bits per heavy atom. The van der Waals surface area contributed by atoms with Gasteiger partial charge in [0.1, 0.15) is 10.7 Å². The first kappa shape index (κ1) is 23.3. The number of nitrogens with zero attached hydrogens (tertiary/aromatic N) is 3. The number of piperazine rings is 1. The number of halogens is 1. The Kier molecular flexibility index (Phi) is 6.79. The van der Waals surface area contributed by atoms with Gasteiger partial charge in [0, 0.05) is 33.2 Å². The topological polar surface area (TPSA) is 95.1 Å². The maximum Gasteiger partial charge on any atom is 0.246 e. The normalized spacial score (nSPS) is 15.9. The number of aryl methyl sites for hydroxylation is 1. The van der Waals surface area contributed by atoms with Crippen molar-refractivity contribution in [2.45, 2.75) is 16.7 Å². The Morgan fingerprint density at radius 2 is 1.55 bits per heavy atom. The minimum Gasteiger partial charge on any atom is -0.339 e. The number of carbonyl (C=O) groups is 1. The first-order valence-electron chi connectivity index (χ1n) is 9.59. The van der Waals surface area contributed by atoms with Crippen molar-refractivity contribution < 1.29 is 26.0 Å². The molecule has 31 heavy (non-hydrogen) atoms. The second kappa shape index (κ2) is 9.03. The van der Waals surface area contributed by atoms with Crippen molar-refractivity contribution in [2.75, 3.05) is 39.8 Å². The van der Waals surface area contributed by atoms with Crippen LogP contribution in [-0.2, 0) is 24.8 Å². The molecule has 1 fully saturated rings. The van der Waals surface area contributed by atoms with Gasteiger partial charge in [-0.05, 0) is 31.2 Å². The lowest BCUT2D eigenvalue weighted by Crippen LogP contribution is -2.52. The van der Waals surface area contributed by atoms with E-state index in [0.717, 1.165) is 20.2 Å². The number of amides is 1. The lowest BCUT2D eigenvalue weighted by Gasteiger charge is -2.34. The highest BCUT2D eigenvalue weighted by atomic mass is 32.2. The molecule has 0 saturated carbocycles. The van der Waals surface area contributed by atoms with E-state index in [1.807, 2.05) is 6.92 Å². The van der Waals surface area contributed by atoms with E-state index in [2.05, 4.69) is 0 Å². The molecule has 1 saturated heterocycles. The zero-order valence-electron chi connectivity index (χ0n) is 17.2. The molecule has 0 atom stereocenters. The van der Waals surface area contributed by atoms with E-state index >= 15 is 0 Å². The Morgan fingerprint density at radius 1 is 0.968 bits per heavy atom. The third kappa shape index (κ3) is 4.95. The van der Waals surface area contributed by atoms with Crippen LogP contribution in [0.15, 0.2) is 58.3 Å². The standard InChI is InChI=1S/C20H24FN3O5S2/c1-16-7-9-17(10-8-16)30(26,27)22(2)15-20(25)23-11-13-24(14-12-23)31(28,29)19-6-4-3-5-18(19)21/h3-10H,11-15H2,1-2H3. The molecule has 1 aliphatic rings. The minimum atomic E-state index is -4.01. The average molecular weight is 470 g/mol. The SMILES string of the molecule is Cc1ccc(S(=O)(=O)N(C)CC(=O)N2CCN(S(=O)(=O)c3ccccc3F)CC2)cc1. The second-order valence-electron chi connectivity index (χ2n) is 7.29. The monoisotopic (exact) mass is 469 g/mol. The smallest absolute Gasteiger partial charge is 0.246 e. The summed E-state index contributed by atoms with van der Waals surface area (Å²) in [6.45, 7) is 1.65. The van der Waals surface area contributed by atoms with Gasteiger partial charge in [-0.15, -0.1) is 0 Å². The molecule has 0 aliphatic carbocycles. The van der Waals surface area contributed by atoms with Gasteiger partial charge in [-0.25, -0.2) is 21.2 Å². The first-order chi connectivity index (χ1) is 14.5. The molecular weight excluding hydrogens is 445 g/mol. The fourth-order valence-corrected chi connectivity index (χ4v) is 5.84. The summed E-state index contributed by atoms with van der Waals surface area (Å²) in [5, 5.41) is 0. The number of hydrogen-bond acceptors (Lipinski definition) is 5. The van der Waals surface area contributed by atoms with Crippen LogP contribution in [0.2, 0.25) is 0 Å². The highest BCUT2D eigenvalue weighted by Gasteiger charge is 2.33. The minimum absolute atomic E-state index is 0.00314. The predicted octanol–water partition coefficient (Wildman–Crippen LogP) is 1.29. The summed E-state index contributed by atoms with van der Waals surface area (Å²) in [4.78, 5) is 13.7. The number of sulfonamides is 2. The molecule has 1 heterocycles. The number of benzene rings is 2. The molecule has 3 rings (SSSR count). The summed E-state index contributed by atoms with van der Waals surface area (Å²) < 4.78 is 66.7. The summed E-state index contributed by atoms with van der Waals surface area (Å²) in [6, 6.07) is 11.5. The van der Waals surface area contributed by atoms with E-state index in [-0.39, 0.29) is 37.6 Å². The summed E-state index contributed by atoms with van der Waals surface area (Å²) in [5.41, 5.74) is 0.917. The van der Waals surface area contributed by atoms with E-state index in [4.69, 9.17) is 0 Å². The van der Waals surface area contributed by atoms with Crippen molar-refractivity contribution in [3.63, 3.8) is 0 Å². The van der Waals surface area contributed by atoms with Crippen LogP contribution < -0.4 is 0 Å². The molecule has 0 unspecified atom stereocenters. The first-order valence-corrected chi connectivity index (χ1v) is 12.5. The maximum absolute atomic E-state index is 13.9. The van der Waals surface area contributed by atoms with E-state index < -0.39 is 36.7 Å². The van der Waals surface area contributed by atoms with Gasteiger partial charge in [0.25, 0.3) is 0 Å². The molecule has 1 aliphatic heterocycles. The Bertz CT molecular complexity index is 1160. The molecule has 2 aromatic rings. The molecule has 1 amide bonds. The number of likely N-dealkylation sites (N-methyl/N-ethyl adjacent to an activating group) is 1. The van der Waals surface area contributed by atoms with Gasteiger partial charge in [-0.1, -0.05) is 29.8 Å². The highest BCUT2D eigenvalue weighted by Crippen LogP contribution is 2.21. The van der Waals surface area contributed by atoms with Gasteiger partial charge in [0.15, 0.2) is 0 Å². The van der Waals surface area contributed by atoms with Crippen LogP contribution in [0, 0.1) is 12.7 Å². The van der Waals surface area contributed by atoms with Gasteiger partial charge in [-0.2, -0.15) is 8.61 Å². The fraction of sp³-hybridized carbons (Fsp3) is 0.350. The number of hydrogen-bond donors (Lipinski definition) is 0. The van der Waals surface area contributed by atoms with Gasteiger partial charge in [-0.3, -0.25) is 4.79 Å². The van der Waals surface area contributed by atoms with Crippen molar-refractivity contribution in [1.29, 1.82) is 0 Å². The number of carbonyl (C=O) groups excluding carboxylic acids is 1. The molecule has 2 aromatic carbocycles. The van der Waals surface area contributed by atoms with Crippen LogP contribution in [-0.4, -0.2) is 76.0 Å². The molecular formula is C20H24FN3O5S2. The van der Waals surface area contributed by atoms with Gasteiger partial charge < -0.3 is 4.90 Å². The third-order valence-electron chi connectivity index (χ3n) is 5.13. The molecule has 0 aromatic heterocycles. The highest BCUT2D eigenvalue weighted by molar-refractivity contribution is 7.89. The summed E-state index contributed by atoms with van der Waals surface area (Å²) in [5.74, 6) is -1.26. The van der Waals surface area contributed by atoms with Gasteiger partial charge >= 0.3 is 0 Å². The van der Waals surface area contributed by atoms with Crippen molar-refractivity contribution in [3.8, 4) is 0 Å². The van der Waals surface area contributed by atoms with Crippen LogP contribution >= 0.6 is 0 Å². The molecule has 0 radical (unpaired) electrons. The summed E-state index contributed by atoms with van der Waals surface area (Å²) >= 11 is 0. The summed E-state index contributed by atoms with van der Waals surface area (Å²) in [7, 11) is -6.51. The van der Waals surface area contributed by atoms with Gasteiger partial charge in [0.2, 0.25) is 26.0 Å². The molecule has 0 N–H and O–H groups in total. The second-order valence-corrected chi connectivity index (χ2v) is 11.2. The van der Waals surface area contributed by atoms with E-state index in [1.54, 1.807) is 12.1 Å². The van der Waals surface area contributed by atoms with Gasteiger partial charge in [0.05, 0.1) is 11.4 Å². The zero-order chi connectivity index (χ0) is 22.8. The van der Waals surface area contributed by atoms with Crippen LogP contribution in [0.25, 0.3) is 0 Å². The van der Waals surface area contributed by atoms with Crippen LogP contribution in [0.3, 0.4) is 0 Å². The lowest BCUT2D eigenvalue weighted by atomic mass is 10.2. The van der Waals surface area contributed by atoms with Crippen molar-refractivity contribution in [1.82, 2.24) is 13.5 Å². The summed E-state index contributed by atoms with van der Waals surface area (Å²) in [6.07, 6.45) is 0. The molecule has 0 bridgehead atoms. The molecule has 8 nitrogen and oxygen atoms in total. The van der Waals surface area contributed by atoms with E-state index in [9.17, 15) is 26.0 Å². The molecule has 168 valence electrons. The van der Waals surface area contributed by atoms with E-state index in [0.29, 0.717) is 0 Å². The molecule has 11 heteroatoms. The predicted molar refractivity (Wildman–Crippen MR) is 113 cm³/mol. The van der Waals surface area contributed by atoms with E-state index in [1.165, 1.54) is 42.3 Å². The average Bonchev–Trinajstić information content (AvgIpc) is 2.74. The van der Waals surface area contributed by atoms with Crippen LogP contribution in [0.1, 0.15) is 5.56 Å². The quantitative estimate of drug-likeness (QED) is 0.635. The Hall–Kier alpha value is -2.34. The zero-order valence-corrected chi connectivity index (χ0v) is 18.9.